The fourth-order valence-corrected chi connectivity index (χ4v) is 1.99. The maximum Gasteiger partial charge on any atom is 0.166 e. The molecule has 0 radical (unpaired) electrons. The van der Waals surface area contributed by atoms with Crippen LogP contribution in [0.1, 0.15) is 16.1 Å². The Labute approximate surface area is 96.7 Å². The molecule has 1 aromatic heterocycles. The molecular weight excluding hydrogens is 254 g/mol. The molecule has 0 amide bonds. The maximum absolute atomic E-state index is 10.8. The predicted octanol–water partition coefficient (Wildman–Crippen LogP) is 3.11. The summed E-state index contributed by atoms with van der Waals surface area (Å²) in [5, 5.41) is 0. The lowest BCUT2D eigenvalue weighted by Crippen LogP contribution is -2.01. The summed E-state index contributed by atoms with van der Waals surface area (Å²) in [6, 6.07) is 11.9. The maximum atomic E-state index is 10.8. The third-order valence-electron chi connectivity index (χ3n) is 2.21. The van der Waals surface area contributed by atoms with Crippen molar-refractivity contribution in [2.24, 2.45) is 0 Å². The van der Waals surface area contributed by atoms with Gasteiger partial charge in [0.2, 0.25) is 0 Å². The van der Waals surface area contributed by atoms with E-state index in [1.807, 2.05) is 47.2 Å². The van der Waals surface area contributed by atoms with Gasteiger partial charge >= 0.3 is 0 Å². The molecule has 0 unspecified atom stereocenters. The zero-order valence-electron chi connectivity index (χ0n) is 8.06. The van der Waals surface area contributed by atoms with Gasteiger partial charge in [-0.25, -0.2) is 0 Å². The first kappa shape index (κ1) is 10.2. The van der Waals surface area contributed by atoms with E-state index in [1.54, 1.807) is 0 Å². The van der Waals surface area contributed by atoms with E-state index in [4.69, 9.17) is 0 Å². The van der Waals surface area contributed by atoms with Crippen molar-refractivity contribution in [3.05, 3.63) is 58.3 Å². The van der Waals surface area contributed by atoms with Crippen LogP contribution in [0.25, 0.3) is 0 Å². The van der Waals surface area contributed by atoms with Crippen LogP contribution in [0.15, 0.2) is 47.1 Å². The van der Waals surface area contributed by atoms with Gasteiger partial charge in [0.15, 0.2) is 6.29 Å². The van der Waals surface area contributed by atoms with Crippen LogP contribution in [-0.4, -0.2) is 10.9 Å². The molecule has 76 valence electrons. The predicted molar refractivity (Wildman–Crippen MR) is 63.1 cm³/mol. The Morgan fingerprint density at radius 1 is 1.27 bits per heavy atom. The number of carbonyl (C=O) groups is 1. The number of benzene rings is 1. The highest BCUT2D eigenvalue weighted by molar-refractivity contribution is 9.10. The second-order valence-electron chi connectivity index (χ2n) is 3.31. The average molecular weight is 264 g/mol. The van der Waals surface area contributed by atoms with Gasteiger partial charge in [0.1, 0.15) is 0 Å². The van der Waals surface area contributed by atoms with Gasteiger partial charge < -0.3 is 4.57 Å². The number of rotatable bonds is 3. The van der Waals surface area contributed by atoms with E-state index in [2.05, 4.69) is 15.9 Å². The number of nitrogens with zero attached hydrogens (tertiary/aromatic N) is 1. The molecule has 15 heavy (non-hydrogen) atoms. The number of carbonyl (C=O) groups excluding carboxylic acids is 1. The summed E-state index contributed by atoms with van der Waals surface area (Å²) in [6.45, 7) is 0.723. The van der Waals surface area contributed by atoms with Crippen LogP contribution in [0.4, 0.5) is 0 Å². The van der Waals surface area contributed by atoms with Crippen molar-refractivity contribution in [1.29, 1.82) is 0 Å². The third-order valence-corrected chi connectivity index (χ3v) is 2.65. The summed E-state index contributed by atoms with van der Waals surface area (Å²) in [6.07, 6.45) is 2.78. The van der Waals surface area contributed by atoms with E-state index in [-0.39, 0.29) is 0 Å². The number of hydrogen-bond acceptors (Lipinski definition) is 1. The number of aldehydes is 1. The van der Waals surface area contributed by atoms with Crippen molar-refractivity contribution >= 4 is 22.2 Å². The minimum Gasteiger partial charge on any atom is -0.340 e. The van der Waals surface area contributed by atoms with E-state index in [9.17, 15) is 4.79 Å². The first-order valence-electron chi connectivity index (χ1n) is 4.64. The summed E-state index contributed by atoms with van der Waals surface area (Å²) in [4.78, 5) is 10.8. The normalized spacial score (nSPS) is 10.2. The Kier molecular flexibility index (Phi) is 3.02. The lowest BCUT2D eigenvalue weighted by molar-refractivity contribution is 0.111. The van der Waals surface area contributed by atoms with Gasteiger partial charge in [-0.05, 0) is 27.6 Å². The molecule has 0 N–H and O–H groups in total. The van der Waals surface area contributed by atoms with Crippen LogP contribution in [0.3, 0.4) is 0 Å². The SMILES string of the molecule is O=Cc1cc(Br)cn1Cc1ccccc1. The molecule has 2 aromatic rings. The van der Waals surface area contributed by atoms with E-state index in [1.165, 1.54) is 5.56 Å². The molecular formula is C12H10BrNO. The quantitative estimate of drug-likeness (QED) is 0.781. The van der Waals surface area contributed by atoms with Crippen molar-refractivity contribution in [3.63, 3.8) is 0 Å². The Hall–Kier alpha value is -1.35. The molecule has 0 aliphatic rings. The lowest BCUT2D eigenvalue weighted by Gasteiger charge is -2.04. The number of hydrogen-bond donors (Lipinski definition) is 0. The Bertz CT molecular complexity index is 462. The number of aromatic nitrogens is 1. The van der Waals surface area contributed by atoms with Gasteiger partial charge in [0.25, 0.3) is 0 Å². The molecule has 2 rings (SSSR count). The highest BCUT2D eigenvalue weighted by Gasteiger charge is 2.03. The monoisotopic (exact) mass is 263 g/mol. The summed E-state index contributed by atoms with van der Waals surface area (Å²) < 4.78 is 2.85. The molecule has 0 saturated carbocycles. The molecule has 0 atom stereocenters. The Morgan fingerprint density at radius 2 is 2.00 bits per heavy atom. The largest absolute Gasteiger partial charge is 0.340 e. The van der Waals surface area contributed by atoms with E-state index < -0.39 is 0 Å². The van der Waals surface area contributed by atoms with Crippen LogP contribution in [0, 0.1) is 0 Å². The van der Waals surface area contributed by atoms with E-state index in [0.29, 0.717) is 5.69 Å². The molecule has 1 aromatic carbocycles. The third kappa shape index (κ3) is 2.36. The molecule has 0 aliphatic heterocycles. The van der Waals surface area contributed by atoms with Crippen LogP contribution in [-0.2, 0) is 6.54 Å². The second kappa shape index (κ2) is 4.45. The van der Waals surface area contributed by atoms with Crippen LogP contribution < -0.4 is 0 Å². The van der Waals surface area contributed by atoms with Crippen molar-refractivity contribution in [3.8, 4) is 0 Å². The first-order chi connectivity index (χ1) is 7.29. The van der Waals surface area contributed by atoms with E-state index >= 15 is 0 Å². The Balaban J connectivity index is 2.28. The van der Waals surface area contributed by atoms with Crippen molar-refractivity contribution in [2.75, 3.05) is 0 Å². The highest BCUT2D eigenvalue weighted by atomic mass is 79.9. The minimum absolute atomic E-state index is 0.686. The van der Waals surface area contributed by atoms with E-state index in [0.717, 1.165) is 17.3 Å². The van der Waals surface area contributed by atoms with Gasteiger partial charge in [-0.3, -0.25) is 4.79 Å². The smallest absolute Gasteiger partial charge is 0.166 e. The molecule has 0 bridgehead atoms. The molecule has 2 nitrogen and oxygen atoms in total. The summed E-state index contributed by atoms with van der Waals surface area (Å²) in [7, 11) is 0. The van der Waals surface area contributed by atoms with Gasteiger partial charge in [-0.15, -0.1) is 0 Å². The van der Waals surface area contributed by atoms with Crippen molar-refractivity contribution in [1.82, 2.24) is 4.57 Å². The van der Waals surface area contributed by atoms with Crippen molar-refractivity contribution < 1.29 is 4.79 Å². The molecule has 0 spiro atoms. The standard InChI is InChI=1S/C12H10BrNO/c13-11-6-12(9-15)14(8-11)7-10-4-2-1-3-5-10/h1-6,8-9H,7H2. The second-order valence-corrected chi connectivity index (χ2v) is 4.23. The molecule has 0 saturated heterocycles. The topological polar surface area (TPSA) is 22.0 Å². The zero-order valence-corrected chi connectivity index (χ0v) is 9.65. The average Bonchev–Trinajstić information content (AvgIpc) is 2.60. The highest BCUT2D eigenvalue weighted by Crippen LogP contribution is 2.15. The first-order valence-corrected chi connectivity index (χ1v) is 5.43. The van der Waals surface area contributed by atoms with Gasteiger partial charge in [-0.2, -0.15) is 0 Å². The molecule has 0 aliphatic carbocycles. The van der Waals surface area contributed by atoms with Crippen molar-refractivity contribution in [2.45, 2.75) is 6.54 Å². The van der Waals surface area contributed by atoms with Crippen LogP contribution >= 0.6 is 15.9 Å². The number of halogens is 1. The van der Waals surface area contributed by atoms with Gasteiger partial charge in [-0.1, -0.05) is 30.3 Å². The van der Waals surface area contributed by atoms with Crippen LogP contribution in [0.2, 0.25) is 0 Å². The molecule has 3 heteroatoms. The zero-order chi connectivity index (χ0) is 10.7. The molecule has 0 fully saturated rings. The van der Waals surface area contributed by atoms with Crippen LogP contribution in [0.5, 0.6) is 0 Å². The summed E-state index contributed by atoms with van der Waals surface area (Å²) in [5.41, 5.74) is 1.87. The van der Waals surface area contributed by atoms with Gasteiger partial charge in [0, 0.05) is 17.2 Å². The van der Waals surface area contributed by atoms with Gasteiger partial charge in [0.05, 0.1) is 5.69 Å². The lowest BCUT2D eigenvalue weighted by atomic mass is 10.2. The fourth-order valence-electron chi connectivity index (χ4n) is 1.50. The summed E-state index contributed by atoms with van der Waals surface area (Å²) in [5.74, 6) is 0. The fraction of sp³-hybridized carbons (Fsp3) is 0.0833. The summed E-state index contributed by atoms with van der Waals surface area (Å²) >= 11 is 3.36. The Morgan fingerprint density at radius 3 is 2.67 bits per heavy atom. The minimum atomic E-state index is 0.686. The molecule has 1 heterocycles.